The number of hydrogen-bond acceptors (Lipinski definition) is 2. The first-order valence-electron chi connectivity index (χ1n) is 11.2. The van der Waals surface area contributed by atoms with Crippen molar-refractivity contribution in [2.75, 3.05) is 26.2 Å². The second-order valence-corrected chi connectivity index (χ2v) is 7.69. The van der Waals surface area contributed by atoms with Crippen LogP contribution in [0.2, 0.25) is 0 Å². The van der Waals surface area contributed by atoms with Gasteiger partial charge in [0.1, 0.15) is 0 Å². The van der Waals surface area contributed by atoms with Crippen LogP contribution in [0.5, 0.6) is 0 Å². The molecule has 152 valence electrons. The zero-order valence-electron chi connectivity index (χ0n) is 17.4. The Morgan fingerprint density at radius 1 is 0.538 bits per heavy atom. The van der Waals surface area contributed by atoms with E-state index in [1.165, 1.54) is 38.5 Å². The number of amides is 2. The third kappa shape index (κ3) is 10.2. The van der Waals surface area contributed by atoms with E-state index in [1.807, 2.05) is 9.80 Å². The third-order valence-corrected chi connectivity index (χ3v) is 5.61. The van der Waals surface area contributed by atoms with Crippen molar-refractivity contribution in [3.8, 4) is 0 Å². The minimum Gasteiger partial charge on any atom is -0.343 e. The summed E-state index contributed by atoms with van der Waals surface area (Å²) in [5.74, 6) is 0.675. The zero-order chi connectivity index (χ0) is 19.0. The number of rotatable bonds is 2. The molecule has 0 N–H and O–H groups in total. The van der Waals surface area contributed by atoms with Gasteiger partial charge in [-0.3, -0.25) is 9.59 Å². The van der Waals surface area contributed by atoms with Gasteiger partial charge in [0.25, 0.3) is 0 Å². The van der Waals surface area contributed by atoms with E-state index in [1.54, 1.807) is 0 Å². The molecule has 4 nitrogen and oxygen atoms in total. The third-order valence-electron chi connectivity index (χ3n) is 5.61. The molecule has 26 heavy (non-hydrogen) atoms. The number of hydrogen-bond donors (Lipinski definition) is 0. The van der Waals surface area contributed by atoms with Gasteiger partial charge in [-0.1, -0.05) is 51.4 Å². The van der Waals surface area contributed by atoms with E-state index in [0.717, 1.165) is 77.5 Å². The molecular formula is C22H42N2O2. The minimum atomic E-state index is 0.338. The smallest absolute Gasteiger partial charge is 0.222 e. The predicted octanol–water partition coefficient (Wildman–Crippen LogP) is 5.16. The molecule has 0 saturated carbocycles. The van der Waals surface area contributed by atoms with E-state index in [4.69, 9.17) is 0 Å². The molecule has 0 aromatic heterocycles. The normalized spacial score (nSPS) is 21.6. The van der Waals surface area contributed by atoms with E-state index in [9.17, 15) is 9.59 Å². The second-order valence-electron chi connectivity index (χ2n) is 7.69. The highest BCUT2D eigenvalue weighted by molar-refractivity contribution is 5.76. The Kier molecular flexibility index (Phi) is 13.3. The van der Waals surface area contributed by atoms with Crippen LogP contribution in [0.25, 0.3) is 0 Å². The molecule has 0 aromatic carbocycles. The molecule has 0 atom stereocenters. The average Bonchev–Trinajstić information content (AvgIpc) is 2.64. The summed E-state index contributed by atoms with van der Waals surface area (Å²) in [5, 5.41) is 0. The lowest BCUT2D eigenvalue weighted by Crippen LogP contribution is -2.32. The van der Waals surface area contributed by atoms with Crippen molar-refractivity contribution in [2.45, 2.75) is 104 Å². The molecule has 0 spiro atoms. The van der Waals surface area contributed by atoms with Crippen molar-refractivity contribution in [2.24, 2.45) is 0 Å². The molecule has 1 heterocycles. The Morgan fingerprint density at radius 3 is 1.19 bits per heavy atom. The lowest BCUT2D eigenvalue weighted by atomic mass is 10.1. The second kappa shape index (κ2) is 15.0. The lowest BCUT2D eigenvalue weighted by molar-refractivity contribution is -0.132. The Labute approximate surface area is 161 Å². The summed E-state index contributed by atoms with van der Waals surface area (Å²) in [6, 6.07) is 0. The van der Waals surface area contributed by atoms with Gasteiger partial charge in [-0.05, 0) is 39.5 Å². The molecule has 0 unspecified atom stereocenters. The fraction of sp³-hybridized carbons (Fsp3) is 0.909. The van der Waals surface area contributed by atoms with Crippen LogP contribution in [0, 0.1) is 0 Å². The molecule has 0 bridgehead atoms. The molecule has 0 aliphatic carbocycles. The summed E-state index contributed by atoms with van der Waals surface area (Å²) in [6.45, 7) is 7.62. The molecule has 0 aromatic rings. The number of carbonyl (C=O) groups is 2. The summed E-state index contributed by atoms with van der Waals surface area (Å²) in [7, 11) is 0. The van der Waals surface area contributed by atoms with Gasteiger partial charge in [-0.25, -0.2) is 0 Å². The number of carbonyl (C=O) groups excluding carboxylic acids is 2. The highest BCUT2D eigenvalue weighted by Gasteiger charge is 2.12. The Balaban J connectivity index is 2.43. The van der Waals surface area contributed by atoms with E-state index < -0.39 is 0 Å². The summed E-state index contributed by atoms with van der Waals surface area (Å²) in [6.07, 6.45) is 15.3. The Hall–Kier alpha value is -1.06. The minimum absolute atomic E-state index is 0.338. The molecular weight excluding hydrogens is 324 g/mol. The molecule has 2 amide bonds. The Morgan fingerprint density at radius 2 is 0.846 bits per heavy atom. The van der Waals surface area contributed by atoms with Gasteiger partial charge >= 0.3 is 0 Å². The summed E-state index contributed by atoms with van der Waals surface area (Å²) in [5.41, 5.74) is 0. The van der Waals surface area contributed by atoms with E-state index >= 15 is 0 Å². The summed E-state index contributed by atoms with van der Waals surface area (Å²) >= 11 is 0. The average molecular weight is 367 g/mol. The fourth-order valence-electron chi connectivity index (χ4n) is 3.81. The molecule has 4 heteroatoms. The zero-order valence-corrected chi connectivity index (χ0v) is 17.4. The van der Waals surface area contributed by atoms with E-state index in [-0.39, 0.29) is 0 Å². The SMILES string of the molecule is CCN1CCCCCCN(CC)C(=O)CCCCCCCCCCC1=O. The van der Waals surface area contributed by atoms with Crippen molar-refractivity contribution in [3.05, 3.63) is 0 Å². The van der Waals surface area contributed by atoms with Crippen LogP contribution in [-0.2, 0) is 9.59 Å². The van der Waals surface area contributed by atoms with Gasteiger partial charge < -0.3 is 9.80 Å². The van der Waals surface area contributed by atoms with E-state index in [0.29, 0.717) is 11.8 Å². The van der Waals surface area contributed by atoms with Crippen LogP contribution >= 0.6 is 0 Å². The van der Waals surface area contributed by atoms with Crippen molar-refractivity contribution in [1.82, 2.24) is 9.80 Å². The monoisotopic (exact) mass is 366 g/mol. The van der Waals surface area contributed by atoms with Crippen LogP contribution < -0.4 is 0 Å². The van der Waals surface area contributed by atoms with Crippen LogP contribution in [-0.4, -0.2) is 47.8 Å². The summed E-state index contributed by atoms with van der Waals surface area (Å²) < 4.78 is 0. The molecule has 0 radical (unpaired) electrons. The van der Waals surface area contributed by atoms with Crippen LogP contribution in [0.1, 0.15) is 104 Å². The molecule has 1 fully saturated rings. The summed E-state index contributed by atoms with van der Waals surface area (Å²) in [4.78, 5) is 28.7. The van der Waals surface area contributed by atoms with Crippen molar-refractivity contribution >= 4 is 11.8 Å². The van der Waals surface area contributed by atoms with Gasteiger partial charge in [-0.15, -0.1) is 0 Å². The molecule has 1 aliphatic rings. The van der Waals surface area contributed by atoms with Crippen LogP contribution in [0.3, 0.4) is 0 Å². The first-order valence-corrected chi connectivity index (χ1v) is 11.2. The van der Waals surface area contributed by atoms with Gasteiger partial charge in [0.05, 0.1) is 0 Å². The van der Waals surface area contributed by atoms with Crippen molar-refractivity contribution < 1.29 is 9.59 Å². The quantitative estimate of drug-likeness (QED) is 0.677. The maximum atomic E-state index is 12.3. The Bertz CT molecular complexity index is 348. The van der Waals surface area contributed by atoms with Crippen LogP contribution in [0.4, 0.5) is 0 Å². The predicted molar refractivity (Wildman–Crippen MR) is 109 cm³/mol. The van der Waals surface area contributed by atoms with Crippen LogP contribution in [0.15, 0.2) is 0 Å². The van der Waals surface area contributed by atoms with E-state index in [2.05, 4.69) is 13.8 Å². The highest BCUT2D eigenvalue weighted by Crippen LogP contribution is 2.13. The molecule has 1 rings (SSSR count). The van der Waals surface area contributed by atoms with Gasteiger partial charge in [0.15, 0.2) is 0 Å². The van der Waals surface area contributed by atoms with Gasteiger partial charge in [-0.2, -0.15) is 0 Å². The van der Waals surface area contributed by atoms with Crippen molar-refractivity contribution in [3.63, 3.8) is 0 Å². The van der Waals surface area contributed by atoms with Gasteiger partial charge in [0.2, 0.25) is 11.8 Å². The highest BCUT2D eigenvalue weighted by atomic mass is 16.2. The van der Waals surface area contributed by atoms with Crippen molar-refractivity contribution in [1.29, 1.82) is 0 Å². The number of nitrogens with zero attached hydrogens (tertiary/aromatic N) is 2. The maximum Gasteiger partial charge on any atom is 0.222 e. The first-order chi connectivity index (χ1) is 12.7. The topological polar surface area (TPSA) is 40.6 Å². The molecule has 1 saturated heterocycles. The molecule has 1 aliphatic heterocycles. The maximum absolute atomic E-state index is 12.3. The lowest BCUT2D eigenvalue weighted by Gasteiger charge is -2.22. The largest absolute Gasteiger partial charge is 0.343 e. The standard InChI is InChI=1S/C22H42N2O2/c1-3-23-19-15-11-12-16-20-24(4-2)22(26)18-14-10-8-6-5-7-9-13-17-21(23)25/h3-20H2,1-2H3. The fourth-order valence-corrected chi connectivity index (χ4v) is 3.81. The first kappa shape index (κ1) is 23.0. The van der Waals surface area contributed by atoms with Gasteiger partial charge in [0, 0.05) is 39.0 Å².